The largest absolute Gasteiger partial charge is 0.354 e. The van der Waals surface area contributed by atoms with Crippen LogP contribution in [0.1, 0.15) is 33.6 Å². The maximum atomic E-state index is 4.38. The zero-order chi connectivity index (χ0) is 13.5. The van der Waals surface area contributed by atoms with Gasteiger partial charge in [0.05, 0.1) is 0 Å². The van der Waals surface area contributed by atoms with Crippen molar-refractivity contribution in [2.45, 2.75) is 39.7 Å². The highest BCUT2D eigenvalue weighted by atomic mass is 15.3. The fourth-order valence-corrected chi connectivity index (χ4v) is 1.27. The Bertz CT molecular complexity index is 366. The summed E-state index contributed by atoms with van der Waals surface area (Å²) in [6.07, 6.45) is 2.07. The summed E-state index contributed by atoms with van der Waals surface area (Å²) in [6, 6.07) is 0.349. The monoisotopic (exact) mass is 252 g/mol. The minimum absolute atomic E-state index is 0.349. The molecule has 0 aromatic carbocycles. The van der Waals surface area contributed by atoms with Crippen LogP contribution in [0, 0.1) is 0 Å². The van der Waals surface area contributed by atoms with E-state index in [4.69, 9.17) is 0 Å². The predicted octanol–water partition coefficient (Wildman–Crippen LogP) is 1.97. The number of anilines is 3. The standard InChI is InChI=1S/C12H24N6/c1-6-8-13-10-15-11(14-9(3)7-2)17-12(16-10)18(4)5/h9H,6-8H2,1-5H3,(H2,13,14,15,16,17). The van der Waals surface area contributed by atoms with Crippen molar-refractivity contribution in [2.24, 2.45) is 0 Å². The van der Waals surface area contributed by atoms with Gasteiger partial charge in [0.2, 0.25) is 17.8 Å². The SMILES string of the molecule is CCCNc1nc(NC(C)CC)nc(N(C)C)n1. The van der Waals surface area contributed by atoms with E-state index in [1.165, 1.54) is 0 Å². The van der Waals surface area contributed by atoms with Gasteiger partial charge in [-0.15, -0.1) is 0 Å². The molecule has 0 bridgehead atoms. The second-order valence-electron chi connectivity index (χ2n) is 4.56. The van der Waals surface area contributed by atoms with E-state index < -0.39 is 0 Å². The summed E-state index contributed by atoms with van der Waals surface area (Å²) in [4.78, 5) is 15.0. The number of hydrogen-bond donors (Lipinski definition) is 2. The number of nitrogens with zero attached hydrogens (tertiary/aromatic N) is 4. The Labute approximate surface area is 109 Å². The smallest absolute Gasteiger partial charge is 0.231 e. The molecule has 0 aliphatic heterocycles. The Morgan fingerprint density at radius 1 is 1.11 bits per heavy atom. The molecule has 2 N–H and O–H groups in total. The highest BCUT2D eigenvalue weighted by Crippen LogP contribution is 2.12. The molecule has 102 valence electrons. The molecular formula is C12H24N6. The van der Waals surface area contributed by atoms with Crippen molar-refractivity contribution < 1.29 is 0 Å². The van der Waals surface area contributed by atoms with Crippen LogP contribution in [-0.4, -0.2) is 41.6 Å². The summed E-state index contributed by atoms with van der Waals surface area (Å²) < 4.78 is 0. The average molecular weight is 252 g/mol. The van der Waals surface area contributed by atoms with Crippen molar-refractivity contribution in [1.82, 2.24) is 15.0 Å². The van der Waals surface area contributed by atoms with Gasteiger partial charge in [-0.3, -0.25) is 0 Å². The van der Waals surface area contributed by atoms with Gasteiger partial charge >= 0.3 is 0 Å². The molecule has 0 radical (unpaired) electrons. The van der Waals surface area contributed by atoms with Gasteiger partial charge in [-0.25, -0.2) is 0 Å². The molecule has 1 rings (SSSR count). The maximum Gasteiger partial charge on any atom is 0.231 e. The summed E-state index contributed by atoms with van der Waals surface area (Å²) in [7, 11) is 3.85. The lowest BCUT2D eigenvalue weighted by molar-refractivity contribution is 0.749. The summed E-state index contributed by atoms with van der Waals surface area (Å²) in [6.45, 7) is 7.21. The zero-order valence-electron chi connectivity index (χ0n) is 12.0. The van der Waals surface area contributed by atoms with Gasteiger partial charge in [-0.2, -0.15) is 15.0 Å². The number of rotatable bonds is 7. The van der Waals surface area contributed by atoms with E-state index in [1.807, 2.05) is 19.0 Å². The molecule has 1 atom stereocenters. The molecule has 0 fully saturated rings. The van der Waals surface area contributed by atoms with Crippen LogP contribution in [0.3, 0.4) is 0 Å². The zero-order valence-corrected chi connectivity index (χ0v) is 12.0. The molecule has 0 aliphatic rings. The molecule has 0 aliphatic carbocycles. The first-order valence-electron chi connectivity index (χ1n) is 6.50. The molecule has 6 nitrogen and oxygen atoms in total. The fourth-order valence-electron chi connectivity index (χ4n) is 1.27. The number of aromatic nitrogens is 3. The van der Waals surface area contributed by atoms with E-state index in [0.29, 0.717) is 23.9 Å². The molecule has 0 saturated heterocycles. The Morgan fingerprint density at radius 3 is 2.33 bits per heavy atom. The second-order valence-corrected chi connectivity index (χ2v) is 4.56. The normalized spacial score (nSPS) is 12.1. The van der Waals surface area contributed by atoms with Crippen molar-refractivity contribution in [1.29, 1.82) is 0 Å². The Balaban J connectivity index is 2.90. The van der Waals surface area contributed by atoms with Gasteiger partial charge in [0.1, 0.15) is 0 Å². The molecule has 18 heavy (non-hydrogen) atoms. The van der Waals surface area contributed by atoms with E-state index >= 15 is 0 Å². The Kier molecular flexibility index (Phi) is 5.61. The minimum atomic E-state index is 0.349. The van der Waals surface area contributed by atoms with Crippen molar-refractivity contribution in [3.05, 3.63) is 0 Å². The molecule has 6 heteroatoms. The third kappa shape index (κ3) is 4.35. The Morgan fingerprint density at radius 2 is 1.78 bits per heavy atom. The van der Waals surface area contributed by atoms with Gasteiger partial charge in [0.15, 0.2) is 0 Å². The fraction of sp³-hybridized carbons (Fsp3) is 0.750. The summed E-state index contributed by atoms with van der Waals surface area (Å²) in [5, 5.41) is 6.47. The van der Waals surface area contributed by atoms with Crippen LogP contribution in [0.15, 0.2) is 0 Å². The van der Waals surface area contributed by atoms with Gasteiger partial charge in [0, 0.05) is 26.7 Å². The van der Waals surface area contributed by atoms with Crippen molar-refractivity contribution in [2.75, 3.05) is 36.2 Å². The number of hydrogen-bond acceptors (Lipinski definition) is 6. The van der Waals surface area contributed by atoms with Gasteiger partial charge in [0.25, 0.3) is 0 Å². The van der Waals surface area contributed by atoms with Crippen molar-refractivity contribution in [3.63, 3.8) is 0 Å². The lowest BCUT2D eigenvalue weighted by atomic mass is 10.3. The molecule has 0 amide bonds. The van der Waals surface area contributed by atoms with E-state index in [0.717, 1.165) is 19.4 Å². The molecule has 1 unspecified atom stereocenters. The molecular weight excluding hydrogens is 228 g/mol. The lowest BCUT2D eigenvalue weighted by Crippen LogP contribution is -2.20. The van der Waals surface area contributed by atoms with E-state index in [9.17, 15) is 0 Å². The molecule has 1 aromatic rings. The highest BCUT2D eigenvalue weighted by Gasteiger charge is 2.09. The second kappa shape index (κ2) is 6.98. The van der Waals surface area contributed by atoms with E-state index in [1.54, 1.807) is 0 Å². The average Bonchev–Trinajstić information content (AvgIpc) is 2.35. The third-order valence-corrected chi connectivity index (χ3v) is 2.54. The van der Waals surface area contributed by atoms with E-state index in [-0.39, 0.29) is 0 Å². The van der Waals surface area contributed by atoms with Crippen LogP contribution in [-0.2, 0) is 0 Å². The molecule has 0 saturated carbocycles. The maximum absolute atomic E-state index is 4.38. The van der Waals surface area contributed by atoms with Crippen LogP contribution >= 0.6 is 0 Å². The van der Waals surface area contributed by atoms with Gasteiger partial charge in [-0.1, -0.05) is 13.8 Å². The third-order valence-electron chi connectivity index (χ3n) is 2.54. The van der Waals surface area contributed by atoms with Crippen molar-refractivity contribution in [3.8, 4) is 0 Å². The topological polar surface area (TPSA) is 66.0 Å². The first kappa shape index (κ1) is 14.5. The lowest BCUT2D eigenvalue weighted by Gasteiger charge is -2.16. The van der Waals surface area contributed by atoms with Crippen LogP contribution in [0.5, 0.6) is 0 Å². The van der Waals surface area contributed by atoms with E-state index in [2.05, 4.69) is 46.4 Å². The molecule has 0 spiro atoms. The molecule has 1 aromatic heterocycles. The minimum Gasteiger partial charge on any atom is -0.354 e. The van der Waals surface area contributed by atoms with Crippen LogP contribution in [0.25, 0.3) is 0 Å². The molecule has 1 heterocycles. The summed E-state index contributed by atoms with van der Waals surface area (Å²) >= 11 is 0. The van der Waals surface area contributed by atoms with Gasteiger partial charge < -0.3 is 15.5 Å². The van der Waals surface area contributed by atoms with Crippen molar-refractivity contribution >= 4 is 17.8 Å². The Hall–Kier alpha value is -1.59. The van der Waals surface area contributed by atoms with Crippen LogP contribution in [0.4, 0.5) is 17.8 Å². The predicted molar refractivity (Wildman–Crippen MR) is 76.3 cm³/mol. The van der Waals surface area contributed by atoms with Crippen LogP contribution in [0.2, 0.25) is 0 Å². The van der Waals surface area contributed by atoms with Crippen LogP contribution < -0.4 is 15.5 Å². The first-order valence-corrected chi connectivity index (χ1v) is 6.50. The number of nitrogens with one attached hydrogen (secondary N) is 2. The summed E-state index contributed by atoms with van der Waals surface area (Å²) in [5.41, 5.74) is 0. The quantitative estimate of drug-likeness (QED) is 0.773. The summed E-state index contributed by atoms with van der Waals surface area (Å²) in [5.74, 6) is 1.91. The highest BCUT2D eigenvalue weighted by molar-refractivity contribution is 5.43. The first-order chi connectivity index (χ1) is 8.56. The van der Waals surface area contributed by atoms with Gasteiger partial charge in [-0.05, 0) is 19.8 Å².